The molecule has 3 aromatic carbocycles. The SMILES string of the molecule is CC(C)CC(NC(=O)c1ccc(Cl)cc1)C(=O)N/N=C/c1cc(I)c(OCc2ccc(C#N)cc2)c(I)c1. The van der Waals surface area contributed by atoms with Crippen molar-refractivity contribution < 1.29 is 14.3 Å². The molecular weight excluding hydrogens is 730 g/mol. The second-order valence-electron chi connectivity index (χ2n) is 8.81. The van der Waals surface area contributed by atoms with Crippen LogP contribution in [-0.2, 0) is 11.4 Å². The van der Waals surface area contributed by atoms with Gasteiger partial charge in [-0.15, -0.1) is 0 Å². The number of carbonyl (C=O) groups excluding carboxylic acids is 2. The standard InChI is InChI=1S/C28H25ClI2N4O3/c1-17(2)11-25(34-27(36)21-7-9-22(29)10-8-21)28(37)35-33-15-20-12-23(30)26(24(31)13-20)38-16-19-5-3-18(14-32)4-6-19/h3-10,12-13,15,17,25H,11,16H2,1-2H3,(H,34,36)(H,35,37)/b33-15+. The molecule has 3 aromatic rings. The Bertz CT molecular complexity index is 1330. The van der Waals surface area contributed by atoms with Gasteiger partial charge in [-0.3, -0.25) is 9.59 Å². The number of nitriles is 1. The maximum Gasteiger partial charge on any atom is 0.262 e. The minimum atomic E-state index is -0.742. The highest BCUT2D eigenvalue weighted by Crippen LogP contribution is 2.29. The number of carbonyl (C=O) groups is 2. The molecule has 7 nitrogen and oxygen atoms in total. The van der Waals surface area contributed by atoms with Crippen LogP contribution in [0.1, 0.15) is 47.3 Å². The number of benzene rings is 3. The molecule has 2 amide bonds. The summed E-state index contributed by atoms with van der Waals surface area (Å²) in [6, 6.07) is 18.9. The average Bonchev–Trinajstić information content (AvgIpc) is 2.88. The van der Waals surface area contributed by atoms with Crippen LogP contribution < -0.4 is 15.5 Å². The van der Waals surface area contributed by atoms with Crippen molar-refractivity contribution in [1.29, 1.82) is 5.26 Å². The van der Waals surface area contributed by atoms with Gasteiger partial charge in [0.1, 0.15) is 18.4 Å². The Morgan fingerprint density at radius 3 is 2.29 bits per heavy atom. The minimum absolute atomic E-state index is 0.181. The smallest absolute Gasteiger partial charge is 0.262 e. The van der Waals surface area contributed by atoms with Gasteiger partial charge in [-0.05, 0) is 117 Å². The van der Waals surface area contributed by atoms with Crippen LogP contribution in [0, 0.1) is 24.4 Å². The summed E-state index contributed by atoms with van der Waals surface area (Å²) in [4.78, 5) is 25.5. The number of hydrogen-bond donors (Lipinski definition) is 2. The second-order valence-corrected chi connectivity index (χ2v) is 11.6. The van der Waals surface area contributed by atoms with Gasteiger partial charge in [0.2, 0.25) is 0 Å². The van der Waals surface area contributed by atoms with E-state index in [-0.39, 0.29) is 11.8 Å². The number of rotatable bonds is 10. The van der Waals surface area contributed by atoms with E-state index in [1.165, 1.54) is 0 Å². The average molecular weight is 755 g/mol. The van der Waals surface area contributed by atoms with Crippen LogP contribution in [0.3, 0.4) is 0 Å². The van der Waals surface area contributed by atoms with Gasteiger partial charge in [0.05, 0.1) is 25.0 Å². The summed E-state index contributed by atoms with van der Waals surface area (Å²) in [7, 11) is 0. The predicted octanol–water partition coefficient (Wildman–Crippen LogP) is 6.29. The Morgan fingerprint density at radius 1 is 1.08 bits per heavy atom. The van der Waals surface area contributed by atoms with Crippen LogP contribution >= 0.6 is 56.8 Å². The molecule has 0 bridgehead atoms. The number of amides is 2. The Balaban J connectivity index is 1.62. The minimum Gasteiger partial charge on any atom is -0.487 e. The van der Waals surface area contributed by atoms with E-state index in [0.717, 1.165) is 24.0 Å². The molecule has 0 aromatic heterocycles. The lowest BCUT2D eigenvalue weighted by molar-refractivity contribution is -0.123. The Hall–Kier alpha value is -2.69. The Labute approximate surface area is 254 Å². The second kappa shape index (κ2) is 14.5. The molecule has 196 valence electrons. The van der Waals surface area contributed by atoms with Gasteiger partial charge in [-0.2, -0.15) is 10.4 Å². The van der Waals surface area contributed by atoms with E-state index in [4.69, 9.17) is 21.6 Å². The van der Waals surface area contributed by atoms with Gasteiger partial charge in [-0.25, -0.2) is 5.43 Å². The fraction of sp³-hybridized carbons (Fsp3) is 0.214. The monoisotopic (exact) mass is 754 g/mol. The fourth-order valence-electron chi connectivity index (χ4n) is 3.42. The largest absolute Gasteiger partial charge is 0.487 e. The van der Waals surface area contributed by atoms with Gasteiger partial charge < -0.3 is 10.1 Å². The number of nitrogens with zero attached hydrogens (tertiary/aromatic N) is 2. The van der Waals surface area contributed by atoms with Crippen molar-refractivity contribution in [3.63, 3.8) is 0 Å². The number of ether oxygens (including phenoxy) is 1. The molecule has 0 spiro atoms. The Morgan fingerprint density at radius 2 is 1.71 bits per heavy atom. The fourth-order valence-corrected chi connectivity index (χ4v) is 5.67. The van der Waals surface area contributed by atoms with Gasteiger partial charge in [0.25, 0.3) is 11.8 Å². The molecule has 3 rings (SSSR count). The normalized spacial score (nSPS) is 11.7. The summed E-state index contributed by atoms with van der Waals surface area (Å²) >= 11 is 10.3. The van der Waals surface area contributed by atoms with Crippen LogP contribution in [0.2, 0.25) is 5.02 Å². The first-order valence-electron chi connectivity index (χ1n) is 11.7. The molecule has 0 aliphatic carbocycles. The van der Waals surface area contributed by atoms with Crippen molar-refractivity contribution in [2.45, 2.75) is 32.9 Å². The zero-order valence-electron chi connectivity index (χ0n) is 20.7. The van der Waals surface area contributed by atoms with Crippen LogP contribution in [0.4, 0.5) is 0 Å². The summed E-state index contributed by atoms with van der Waals surface area (Å²) in [5, 5.41) is 16.4. The van der Waals surface area contributed by atoms with E-state index in [9.17, 15) is 9.59 Å². The molecule has 0 aliphatic rings. The quantitative estimate of drug-likeness (QED) is 0.144. The summed E-state index contributed by atoms with van der Waals surface area (Å²) in [6.07, 6.45) is 2.02. The highest BCUT2D eigenvalue weighted by molar-refractivity contribution is 14.1. The molecular formula is C28H25ClI2N4O3. The summed E-state index contributed by atoms with van der Waals surface area (Å²) in [6.45, 7) is 4.33. The number of halogens is 3. The van der Waals surface area contributed by atoms with Crippen molar-refractivity contribution in [2.24, 2.45) is 11.0 Å². The zero-order chi connectivity index (χ0) is 27.7. The van der Waals surface area contributed by atoms with E-state index in [2.05, 4.69) is 67.1 Å². The molecule has 0 aliphatic heterocycles. The van der Waals surface area contributed by atoms with E-state index in [1.807, 2.05) is 38.1 Å². The van der Waals surface area contributed by atoms with Crippen LogP contribution in [0.15, 0.2) is 65.8 Å². The number of nitrogens with one attached hydrogen (secondary N) is 2. The zero-order valence-corrected chi connectivity index (χ0v) is 25.7. The third kappa shape index (κ3) is 8.96. The molecule has 0 heterocycles. The first kappa shape index (κ1) is 29.9. The summed E-state index contributed by atoms with van der Waals surface area (Å²) in [5.41, 5.74) is 5.32. The summed E-state index contributed by atoms with van der Waals surface area (Å²) in [5.74, 6) is 0.176. The van der Waals surface area contributed by atoms with Crippen molar-refractivity contribution in [2.75, 3.05) is 0 Å². The van der Waals surface area contributed by atoms with Gasteiger partial charge in [0, 0.05) is 10.6 Å². The topological polar surface area (TPSA) is 104 Å². The molecule has 2 N–H and O–H groups in total. The van der Waals surface area contributed by atoms with Gasteiger partial charge in [-0.1, -0.05) is 37.6 Å². The molecule has 1 atom stereocenters. The molecule has 0 saturated carbocycles. The predicted molar refractivity (Wildman–Crippen MR) is 165 cm³/mol. The highest BCUT2D eigenvalue weighted by Gasteiger charge is 2.22. The van der Waals surface area contributed by atoms with Crippen molar-refractivity contribution in [1.82, 2.24) is 10.7 Å². The lowest BCUT2D eigenvalue weighted by atomic mass is 10.0. The molecule has 10 heteroatoms. The van der Waals surface area contributed by atoms with E-state index < -0.39 is 11.9 Å². The summed E-state index contributed by atoms with van der Waals surface area (Å²) < 4.78 is 7.80. The van der Waals surface area contributed by atoms with E-state index >= 15 is 0 Å². The van der Waals surface area contributed by atoms with Gasteiger partial charge >= 0.3 is 0 Å². The van der Waals surface area contributed by atoms with E-state index in [0.29, 0.717) is 29.2 Å². The molecule has 38 heavy (non-hydrogen) atoms. The number of hydrogen-bond acceptors (Lipinski definition) is 5. The van der Waals surface area contributed by atoms with Crippen molar-refractivity contribution >= 4 is 74.8 Å². The molecule has 0 saturated heterocycles. The van der Waals surface area contributed by atoms with Gasteiger partial charge in [0.15, 0.2) is 0 Å². The molecule has 1 unspecified atom stereocenters. The van der Waals surface area contributed by atoms with Crippen LogP contribution in [0.5, 0.6) is 5.75 Å². The van der Waals surface area contributed by atoms with E-state index in [1.54, 1.807) is 42.6 Å². The third-order valence-electron chi connectivity index (χ3n) is 5.31. The van der Waals surface area contributed by atoms with Crippen LogP contribution in [-0.4, -0.2) is 24.1 Å². The first-order chi connectivity index (χ1) is 18.2. The highest BCUT2D eigenvalue weighted by atomic mass is 127. The lowest BCUT2D eigenvalue weighted by Crippen LogP contribution is -2.46. The maximum absolute atomic E-state index is 12.8. The van der Waals surface area contributed by atoms with Crippen molar-refractivity contribution in [3.8, 4) is 11.8 Å². The first-order valence-corrected chi connectivity index (χ1v) is 14.2. The molecule has 0 radical (unpaired) electrons. The molecule has 0 fully saturated rings. The third-order valence-corrected chi connectivity index (χ3v) is 7.17. The van der Waals surface area contributed by atoms with Crippen molar-refractivity contribution in [3.05, 3.63) is 95.1 Å². The lowest BCUT2D eigenvalue weighted by Gasteiger charge is -2.19. The van der Waals surface area contributed by atoms with Crippen LogP contribution in [0.25, 0.3) is 0 Å². The maximum atomic E-state index is 12.8. The number of hydrazone groups is 1. The Kier molecular flexibility index (Phi) is 11.4.